The molecule has 2 aliphatic rings. The van der Waals surface area contributed by atoms with Crippen molar-refractivity contribution in [1.29, 1.82) is 0 Å². The number of piperidine rings is 1. The molecule has 5 nitrogen and oxygen atoms in total. The van der Waals surface area contributed by atoms with Crippen LogP contribution >= 0.6 is 0 Å². The second kappa shape index (κ2) is 6.67. The highest BCUT2D eigenvalue weighted by Gasteiger charge is 2.38. The van der Waals surface area contributed by atoms with Crippen molar-refractivity contribution in [3.63, 3.8) is 0 Å². The van der Waals surface area contributed by atoms with Gasteiger partial charge in [-0.3, -0.25) is 9.69 Å². The normalized spacial score (nSPS) is 22.5. The summed E-state index contributed by atoms with van der Waals surface area (Å²) in [5.41, 5.74) is 0.940. The summed E-state index contributed by atoms with van der Waals surface area (Å²) in [6, 6.07) is 1.84. The Bertz CT molecular complexity index is 504. The van der Waals surface area contributed by atoms with Crippen LogP contribution in [-0.2, 0) is 4.74 Å². The largest absolute Gasteiger partial charge is 0.379 e. The van der Waals surface area contributed by atoms with E-state index in [4.69, 9.17) is 4.74 Å². The van der Waals surface area contributed by atoms with Crippen molar-refractivity contribution in [2.75, 3.05) is 45.9 Å². The first-order chi connectivity index (χ1) is 10.7. The lowest BCUT2D eigenvalue weighted by Gasteiger charge is -2.42. The number of aromatic amines is 1. The molecule has 1 N–H and O–H groups in total. The summed E-state index contributed by atoms with van der Waals surface area (Å²) >= 11 is 0. The lowest BCUT2D eigenvalue weighted by atomic mass is 9.78. The summed E-state index contributed by atoms with van der Waals surface area (Å²) in [6.07, 6.45) is 7.55. The fourth-order valence-electron chi connectivity index (χ4n) is 3.55. The summed E-state index contributed by atoms with van der Waals surface area (Å²) in [7, 11) is 0. The number of nitrogens with zero attached hydrogens (tertiary/aromatic N) is 2. The van der Waals surface area contributed by atoms with E-state index in [0.29, 0.717) is 0 Å². The Kier molecular flexibility index (Phi) is 4.64. The first-order valence-electron chi connectivity index (χ1n) is 8.05. The zero-order valence-electron chi connectivity index (χ0n) is 13.1. The third-order valence-electron chi connectivity index (χ3n) is 4.86. The van der Waals surface area contributed by atoms with Crippen LogP contribution in [-0.4, -0.2) is 66.6 Å². The minimum absolute atomic E-state index is 0.133. The van der Waals surface area contributed by atoms with Gasteiger partial charge in [0.15, 0.2) is 0 Å². The topological polar surface area (TPSA) is 48.6 Å². The van der Waals surface area contributed by atoms with Crippen LogP contribution in [0.15, 0.2) is 31.1 Å². The maximum Gasteiger partial charge on any atom is 0.255 e. The monoisotopic (exact) mass is 303 g/mol. The average Bonchev–Trinajstić information content (AvgIpc) is 3.00. The molecule has 1 aromatic heterocycles. The number of ether oxygens (including phenoxy) is 1. The smallest absolute Gasteiger partial charge is 0.255 e. The van der Waals surface area contributed by atoms with Crippen molar-refractivity contribution < 1.29 is 9.53 Å². The Morgan fingerprint density at radius 3 is 2.91 bits per heavy atom. The van der Waals surface area contributed by atoms with Crippen molar-refractivity contribution in [2.45, 2.75) is 12.8 Å². The summed E-state index contributed by atoms with van der Waals surface area (Å²) in [4.78, 5) is 19.8. The van der Waals surface area contributed by atoms with Gasteiger partial charge in [-0.2, -0.15) is 0 Å². The lowest BCUT2D eigenvalue weighted by Crippen LogP contribution is -2.48. The highest BCUT2D eigenvalue weighted by molar-refractivity contribution is 5.94. The van der Waals surface area contributed by atoms with Gasteiger partial charge in [-0.15, -0.1) is 6.58 Å². The van der Waals surface area contributed by atoms with Crippen molar-refractivity contribution >= 4 is 5.91 Å². The third-order valence-corrected chi connectivity index (χ3v) is 4.86. The summed E-state index contributed by atoms with van der Waals surface area (Å²) in [6.45, 7) is 10.0. The molecule has 5 heteroatoms. The van der Waals surface area contributed by atoms with Gasteiger partial charge in [-0.05, 0) is 18.9 Å². The van der Waals surface area contributed by atoms with Gasteiger partial charge in [0.25, 0.3) is 5.91 Å². The molecular formula is C17H25N3O2. The molecule has 1 spiro atoms. The molecule has 1 aromatic rings. The van der Waals surface area contributed by atoms with Crippen LogP contribution in [0.25, 0.3) is 0 Å². The molecule has 2 saturated heterocycles. The number of rotatable bonds is 3. The van der Waals surface area contributed by atoms with Crippen molar-refractivity contribution in [1.82, 2.24) is 14.8 Å². The van der Waals surface area contributed by atoms with Gasteiger partial charge in [0.2, 0.25) is 0 Å². The minimum Gasteiger partial charge on any atom is -0.379 e. The number of nitrogens with one attached hydrogen (secondary N) is 1. The van der Waals surface area contributed by atoms with Crippen LogP contribution in [0.3, 0.4) is 0 Å². The molecule has 0 aliphatic carbocycles. The van der Waals surface area contributed by atoms with Gasteiger partial charge in [0, 0.05) is 50.5 Å². The Morgan fingerprint density at radius 1 is 1.41 bits per heavy atom. The zero-order chi connectivity index (χ0) is 15.4. The van der Waals surface area contributed by atoms with Crippen LogP contribution in [0.2, 0.25) is 0 Å². The van der Waals surface area contributed by atoms with Gasteiger partial charge in [0.1, 0.15) is 0 Å². The van der Waals surface area contributed by atoms with Gasteiger partial charge in [-0.25, -0.2) is 0 Å². The molecule has 0 bridgehead atoms. The molecular weight excluding hydrogens is 278 g/mol. The van der Waals surface area contributed by atoms with Crippen LogP contribution in [0, 0.1) is 5.41 Å². The third kappa shape index (κ3) is 3.25. The molecule has 2 aliphatic heterocycles. The Balaban J connectivity index is 1.62. The zero-order valence-corrected chi connectivity index (χ0v) is 13.1. The number of hydrogen-bond donors (Lipinski definition) is 1. The molecule has 3 rings (SSSR count). The molecule has 3 heterocycles. The van der Waals surface area contributed by atoms with E-state index in [0.717, 1.165) is 64.3 Å². The summed E-state index contributed by atoms with van der Waals surface area (Å²) in [5, 5.41) is 0. The predicted octanol–water partition coefficient (Wildman–Crippen LogP) is 1.76. The average molecular weight is 303 g/mol. The fourth-order valence-corrected chi connectivity index (χ4v) is 3.55. The number of aromatic nitrogens is 1. The van der Waals surface area contributed by atoms with Crippen LogP contribution in [0.1, 0.15) is 23.2 Å². The van der Waals surface area contributed by atoms with Crippen LogP contribution < -0.4 is 0 Å². The first-order valence-corrected chi connectivity index (χ1v) is 8.05. The number of hydrogen-bond acceptors (Lipinski definition) is 3. The van der Waals surface area contributed by atoms with E-state index in [2.05, 4.69) is 16.5 Å². The summed E-state index contributed by atoms with van der Waals surface area (Å²) < 4.78 is 5.85. The standard InChI is InChI=1S/C17H25N3O2/c1-2-7-19-10-11-22-14-17(13-19)4-8-20(9-5-17)16(21)15-3-6-18-12-15/h2-3,6,12,18H,1,4-5,7-11,13-14H2. The Morgan fingerprint density at radius 2 is 2.23 bits per heavy atom. The summed E-state index contributed by atoms with van der Waals surface area (Å²) in [5.74, 6) is 0.133. The highest BCUT2D eigenvalue weighted by Crippen LogP contribution is 2.34. The first kappa shape index (κ1) is 15.3. The van der Waals surface area contributed by atoms with E-state index >= 15 is 0 Å². The SMILES string of the molecule is C=CCN1CCOCC2(CCN(C(=O)c3cc[nH]c3)CC2)C1. The van der Waals surface area contributed by atoms with Gasteiger partial charge in [0.05, 0.1) is 18.8 Å². The number of amides is 1. The molecule has 0 unspecified atom stereocenters. The van der Waals surface area contributed by atoms with E-state index in [-0.39, 0.29) is 11.3 Å². The maximum absolute atomic E-state index is 12.4. The molecule has 0 saturated carbocycles. The van der Waals surface area contributed by atoms with Crippen LogP contribution in [0.4, 0.5) is 0 Å². The molecule has 120 valence electrons. The van der Waals surface area contributed by atoms with E-state index in [1.807, 2.05) is 17.0 Å². The molecule has 0 radical (unpaired) electrons. The van der Waals surface area contributed by atoms with E-state index < -0.39 is 0 Å². The number of carbonyl (C=O) groups excluding carboxylic acids is 1. The second-order valence-electron chi connectivity index (χ2n) is 6.47. The number of carbonyl (C=O) groups is 1. The van der Waals surface area contributed by atoms with E-state index in [1.54, 1.807) is 12.4 Å². The van der Waals surface area contributed by atoms with Crippen molar-refractivity contribution in [3.05, 3.63) is 36.7 Å². The number of likely N-dealkylation sites (tertiary alicyclic amines) is 1. The highest BCUT2D eigenvalue weighted by atomic mass is 16.5. The molecule has 0 atom stereocenters. The fraction of sp³-hybridized carbons (Fsp3) is 0.588. The van der Waals surface area contributed by atoms with Gasteiger partial charge >= 0.3 is 0 Å². The maximum atomic E-state index is 12.4. The Labute approximate surface area is 131 Å². The van der Waals surface area contributed by atoms with Gasteiger partial charge < -0.3 is 14.6 Å². The Hall–Kier alpha value is -1.59. The molecule has 0 aromatic carbocycles. The second-order valence-corrected chi connectivity index (χ2v) is 6.47. The van der Waals surface area contributed by atoms with E-state index in [9.17, 15) is 4.79 Å². The van der Waals surface area contributed by atoms with Crippen molar-refractivity contribution in [2.24, 2.45) is 5.41 Å². The molecule has 1 amide bonds. The molecule has 22 heavy (non-hydrogen) atoms. The quantitative estimate of drug-likeness (QED) is 0.866. The van der Waals surface area contributed by atoms with E-state index in [1.165, 1.54) is 0 Å². The number of H-pyrrole nitrogens is 1. The van der Waals surface area contributed by atoms with Gasteiger partial charge in [-0.1, -0.05) is 6.08 Å². The predicted molar refractivity (Wildman–Crippen MR) is 85.8 cm³/mol. The molecule has 2 fully saturated rings. The minimum atomic E-state index is 0.133. The van der Waals surface area contributed by atoms with Crippen LogP contribution in [0.5, 0.6) is 0 Å². The lowest BCUT2D eigenvalue weighted by molar-refractivity contribution is 0.0155. The van der Waals surface area contributed by atoms with Crippen molar-refractivity contribution in [3.8, 4) is 0 Å².